The normalized spacial score (nSPS) is 27.1. The highest BCUT2D eigenvalue weighted by Gasteiger charge is 2.42. The van der Waals surface area contributed by atoms with Gasteiger partial charge in [0.25, 0.3) is 0 Å². The summed E-state index contributed by atoms with van der Waals surface area (Å²) in [5.41, 5.74) is 0.0665. The van der Waals surface area contributed by atoms with Gasteiger partial charge in [-0.25, -0.2) is 4.79 Å². The standard InChI is InChI=1S/C15H24N4O4/c20-8-7-19-10-15(2-1-12(19)21)3-5-18(6-4-15)13(22)11-9-16-14(23)17-11/h11,20H,1-10H2,(H2,16,17,23). The molecule has 3 fully saturated rings. The number of nitrogens with one attached hydrogen (secondary N) is 2. The van der Waals surface area contributed by atoms with E-state index in [0.717, 1.165) is 19.3 Å². The number of likely N-dealkylation sites (tertiary alicyclic amines) is 2. The molecule has 3 rings (SSSR count). The summed E-state index contributed by atoms with van der Waals surface area (Å²) in [4.78, 5) is 39.0. The second-order valence-electron chi connectivity index (χ2n) is 6.77. The average Bonchev–Trinajstić information content (AvgIpc) is 2.98. The molecule has 3 saturated heterocycles. The van der Waals surface area contributed by atoms with Crippen LogP contribution in [0.2, 0.25) is 0 Å². The molecule has 3 heterocycles. The van der Waals surface area contributed by atoms with Crippen LogP contribution in [-0.4, -0.2) is 78.1 Å². The minimum absolute atomic E-state index is 0.0131. The van der Waals surface area contributed by atoms with Crippen LogP contribution in [0.4, 0.5) is 4.79 Å². The molecule has 8 nitrogen and oxygen atoms in total. The maximum atomic E-state index is 12.4. The van der Waals surface area contributed by atoms with Crippen molar-refractivity contribution >= 4 is 17.8 Å². The summed E-state index contributed by atoms with van der Waals surface area (Å²) in [6, 6.07) is -0.752. The average molecular weight is 324 g/mol. The Balaban J connectivity index is 1.56. The highest BCUT2D eigenvalue weighted by Crippen LogP contribution is 2.40. The second-order valence-corrected chi connectivity index (χ2v) is 6.77. The van der Waals surface area contributed by atoms with E-state index >= 15 is 0 Å². The van der Waals surface area contributed by atoms with E-state index in [0.29, 0.717) is 39.1 Å². The van der Waals surface area contributed by atoms with Crippen molar-refractivity contribution in [2.45, 2.75) is 31.7 Å². The number of carbonyl (C=O) groups is 3. The fraction of sp³-hybridized carbons (Fsp3) is 0.800. The lowest BCUT2D eigenvalue weighted by molar-refractivity contribution is -0.143. The molecule has 4 amide bonds. The van der Waals surface area contributed by atoms with Gasteiger partial charge in [-0.05, 0) is 24.7 Å². The van der Waals surface area contributed by atoms with Gasteiger partial charge in [0.15, 0.2) is 0 Å². The Morgan fingerprint density at radius 2 is 2.00 bits per heavy atom. The van der Waals surface area contributed by atoms with Crippen LogP contribution in [-0.2, 0) is 9.59 Å². The van der Waals surface area contributed by atoms with E-state index < -0.39 is 6.04 Å². The summed E-state index contributed by atoms with van der Waals surface area (Å²) >= 11 is 0. The van der Waals surface area contributed by atoms with Crippen LogP contribution in [0.1, 0.15) is 25.7 Å². The number of amides is 4. The molecule has 0 aromatic carbocycles. The van der Waals surface area contributed by atoms with Gasteiger partial charge in [-0.1, -0.05) is 0 Å². The van der Waals surface area contributed by atoms with Gasteiger partial charge in [0.2, 0.25) is 11.8 Å². The lowest BCUT2D eigenvalue weighted by Gasteiger charge is -2.47. The van der Waals surface area contributed by atoms with Crippen LogP contribution < -0.4 is 10.6 Å². The van der Waals surface area contributed by atoms with Crippen LogP contribution in [0.5, 0.6) is 0 Å². The number of aliphatic hydroxyl groups excluding tert-OH is 1. The summed E-state index contributed by atoms with van der Waals surface area (Å²) in [5, 5.41) is 14.3. The van der Waals surface area contributed by atoms with Crippen molar-refractivity contribution in [3.05, 3.63) is 0 Å². The van der Waals surface area contributed by atoms with Crippen molar-refractivity contribution < 1.29 is 19.5 Å². The molecule has 0 bridgehead atoms. The maximum Gasteiger partial charge on any atom is 0.315 e. The summed E-state index contributed by atoms with van der Waals surface area (Å²) in [6.45, 7) is 2.72. The Labute approximate surface area is 135 Å². The van der Waals surface area contributed by atoms with Gasteiger partial charge in [-0.15, -0.1) is 0 Å². The fourth-order valence-corrected chi connectivity index (χ4v) is 3.86. The van der Waals surface area contributed by atoms with E-state index in [-0.39, 0.29) is 29.9 Å². The molecule has 3 N–H and O–H groups in total. The van der Waals surface area contributed by atoms with Gasteiger partial charge in [-0.2, -0.15) is 0 Å². The Kier molecular flexibility index (Phi) is 4.43. The van der Waals surface area contributed by atoms with E-state index in [9.17, 15) is 14.4 Å². The molecular weight excluding hydrogens is 300 g/mol. The van der Waals surface area contributed by atoms with Crippen molar-refractivity contribution in [1.82, 2.24) is 20.4 Å². The van der Waals surface area contributed by atoms with Gasteiger partial charge < -0.3 is 25.5 Å². The van der Waals surface area contributed by atoms with Gasteiger partial charge in [-0.3, -0.25) is 9.59 Å². The number of nitrogens with zero attached hydrogens (tertiary/aromatic N) is 2. The minimum Gasteiger partial charge on any atom is -0.395 e. The van der Waals surface area contributed by atoms with Crippen molar-refractivity contribution in [2.24, 2.45) is 5.41 Å². The van der Waals surface area contributed by atoms with Crippen molar-refractivity contribution in [1.29, 1.82) is 0 Å². The Bertz CT molecular complexity index is 502. The van der Waals surface area contributed by atoms with E-state index in [2.05, 4.69) is 10.6 Å². The molecule has 8 heteroatoms. The van der Waals surface area contributed by atoms with Gasteiger partial charge in [0.1, 0.15) is 6.04 Å². The molecule has 0 saturated carbocycles. The first-order chi connectivity index (χ1) is 11.0. The van der Waals surface area contributed by atoms with Crippen LogP contribution in [0.3, 0.4) is 0 Å². The zero-order valence-corrected chi connectivity index (χ0v) is 13.2. The Morgan fingerprint density at radius 3 is 2.61 bits per heavy atom. The topological polar surface area (TPSA) is 102 Å². The van der Waals surface area contributed by atoms with Crippen molar-refractivity contribution in [3.63, 3.8) is 0 Å². The molecule has 23 heavy (non-hydrogen) atoms. The number of piperidine rings is 2. The van der Waals surface area contributed by atoms with E-state index in [1.54, 1.807) is 4.90 Å². The predicted octanol–water partition coefficient (Wildman–Crippen LogP) is -1.11. The number of hydrogen-bond acceptors (Lipinski definition) is 4. The molecule has 3 aliphatic heterocycles. The minimum atomic E-state index is -0.463. The second kappa shape index (κ2) is 6.35. The third kappa shape index (κ3) is 3.26. The van der Waals surface area contributed by atoms with Crippen LogP contribution in [0.25, 0.3) is 0 Å². The first-order valence-corrected chi connectivity index (χ1v) is 8.25. The number of hydrogen-bond donors (Lipinski definition) is 3. The summed E-state index contributed by atoms with van der Waals surface area (Å²) in [5.74, 6) is 0.0835. The molecule has 1 atom stereocenters. The summed E-state index contributed by atoms with van der Waals surface area (Å²) in [6.07, 6.45) is 3.11. The zero-order valence-electron chi connectivity index (χ0n) is 13.2. The molecule has 3 aliphatic rings. The Morgan fingerprint density at radius 1 is 1.26 bits per heavy atom. The molecular formula is C15H24N4O4. The van der Waals surface area contributed by atoms with Crippen molar-refractivity contribution in [2.75, 3.05) is 39.3 Å². The predicted molar refractivity (Wildman–Crippen MR) is 81.5 cm³/mol. The maximum absolute atomic E-state index is 12.4. The Hall–Kier alpha value is -1.83. The monoisotopic (exact) mass is 324 g/mol. The summed E-state index contributed by atoms with van der Waals surface area (Å²) in [7, 11) is 0. The fourth-order valence-electron chi connectivity index (χ4n) is 3.86. The quantitative estimate of drug-likeness (QED) is 0.613. The van der Waals surface area contributed by atoms with Gasteiger partial charge >= 0.3 is 6.03 Å². The molecule has 0 aromatic heterocycles. The van der Waals surface area contributed by atoms with Gasteiger partial charge in [0, 0.05) is 39.1 Å². The number of urea groups is 1. The van der Waals surface area contributed by atoms with Crippen LogP contribution >= 0.6 is 0 Å². The highest BCUT2D eigenvalue weighted by molar-refractivity contribution is 5.90. The van der Waals surface area contributed by atoms with Crippen molar-refractivity contribution in [3.8, 4) is 0 Å². The number of β-amino-alcohol motifs (C(OH)–C–C–N with tert-alkyl or cyclic N) is 1. The van der Waals surface area contributed by atoms with Gasteiger partial charge in [0.05, 0.1) is 6.61 Å². The third-order valence-electron chi connectivity index (χ3n) is 5.32. The number of rotatable bonds is 3. The zero-order chi connectivity index (χ0) is 16.4. The first kappa shape index (κ1) is 16.0. The lowest BCUT2D eigenvalue weighted by Crippen LogP contribution is -2.55. The number of carbonyl (C=O) groups excluding carboxylic acids is 3. The largest absolute Gasteiger partial charge is 0.395 e. The molecule has 0 radical (unpaired) electrons. The SMILES string of the molecule is O=C1NCC(C(=O)N2CCC3(CCC(=O)N(CCO)C3)CC2)N1. The third-order valence-corrected chi connectivity index (χ3v) is 5.32. The number of aliphatic hydroxyl groups is 1. The molecule has 1 spiro atoms. The van der Waals surface area contributed by atoms with Crippen LogP contribution in [0.15, 0.2) is 0 Å². The van der Waals surface area contributed by atoms with Crippen LogP contribution in [0, 0.1) is 5.41 Å². The van der Waals surface area contributed by atoms with E-state index in [1.807, 2.05) is 4.90 Å². The van der Waals surface area contributed by atoms with E-state index in [1.165, 1.54) is 0 Å². The summed E-state index contributed by atoms with van der Waals surface area (Å²) < 4.78 is 0. The smallest absolute Gasteiger partial charge is 0.315 e. The van der Waals surface area contributed by atoms with E-state index in [4.69, 9.17) is 5.11 Å². The highest BCUT2D eigenvalue weighted by atomic mass is 16.3. The molecule has 0 aliphatic carbocycles. The molecule has 128 valence electrons. The molecule has 1 unspecified atom stereocenters. The molecule has 0 aromatic rings. The first-order valence-electron chi connectivity index (χ1n) is 8.25. The lowest BCUT2D eigenvalue weighted by atomic mass is 9.72.